The Bertz CT molecular complexity index is 1070. The summed E-state index contributed by atoms with van der Waals surface area (Å²) in [4.78, 5) is 36.9. The molecule has 2 fully saturated rings. The number of benzene rings is 2. The zero-order chi connectivity index (χ0) is 24.4. The quantitative estimate of drug-likeness (QED) is 0.510. The van der Waals surface area contributed by atoms with Crippen molar-refractivity contribution in [1.82, 2.24) is 10.6 Å². The molecule has 1 saturated carbocycles. The van der Waals surface area contributed by atoms with Gasteiger partial charge in [0.1, 0.15) is 12.6 Å². The lowest BCUT2D eigenvalue weighted by Gasteiger charge is -2.21. The Morgan fingerprint density at radius 2 is 1.66 bits per heavy atom. The molecule has 8 heteroatoms. The van der Waals surface area contributed by atoms with Crippen LogP contribution in [0.15, 0.2) is 48.5 Å². The molecule has 2 aromatic carbocycles. The predicted molar refractivity (Wildman–Crippen MR) is 128 cm³/mol. The van der Waals surface area contributed by atoms with Gasteiger partial charge in [0, 0.05) is 25.0 Å². The third-order valence-corrected chi connectivity index (χ3v) is 7.21. The van der Waals surface area contributed by atoms with Crippen molar-refractivity contribution < 1.29 is 29.0 Å². The van der Waals surface area contributed by atoms with Gasteiger partial charge in [-0.05, 0) is 41.0 Å². The third kappa shape index (κ3) is 5.17. The van der Waals surface area contributed by atoms with Gasteiger partial charge in [0.15, 0.2) is 6.10 Å². The lowest BCUT2D eigenvalue weighted by atomic mass is 9.98. The standard InChI is InChI=1S/C27H30N2O6/c30-25(28-14-17-11-12-34-24(17)26(31)32)23(13-16-9-10-16)29-27(33)35-15-22-20-7-3-1-5-18(20)19-6-2-4-8-21(19)22/h1-8,16-17,22-24H,9-15H2,(H,28,30)(H,29,33)(H,31,32)/t17-,23?,24-/m0/s1. The number of rotatable bonds is 9. The summed E-state index contributed by atoms with van der Waals surface area (Å²) >= 11 is 0. The van der Waals surface area contributed by atoms with E-state index in [1.807, 2.05) is 24.3 Å². The second-order valence-corrected chi connectivity index (χ2v) is 9.63. The largest absolute Gasteiger partial charge is 0.479 e. The van der Waals surface area contributed by atoms with Gasteiger partial charge in [-0.2, -0.15) is 0 Å². The monoisotopic (exact) mass is 478 g/mol. The van der Waals surface area contributed by atoms with E-state index in [0.717, 1.165) is 35.1 Å². The van der Waals surface area contributed by atoms with Crippen LogP contribution in [-0.2, 0) is 19.1 Å². The number of fused-ring (bicyclic) bond motifs is 3. The second kappa shape index (κ2) is 10.1. The minimum Gasteiger partial charge on any atom is -0.479 e. The number of carbonyl (C=O) groups is 3. The highest BCUT2D eigenvalue weighted by Gasteiger charge is 2.36. The predicted octanol–water partition coefficient (Wildman–Crippen LogP) is 3.30. The number of carbonyl (C=O) groups excluding carboxylic acids is 2. The first-order chi connectivity index (χ1) is 17.0. The summed E-state index contributed by atoms with van der Waals surface area (Å²) in [6, 6.07) is 15.5. The topological polar surface area (TPSA) is 114 Å². The van der Waals surface area contributed by atoms with Crippen molar-refractivity contribution in [3.63, 3.8) is 0 Å². The molecule has 5 rings (SSSR count). The van der Waals surface area contributed by atoms with Crippen LogP contribution >= 0.6 is 0 Å². The number of amides is 2. The number of ether oxygens (including phenoxy) is 2. The third-order valence-electron chi connectivity index (χ3n) is 7.21. The van der Waals surface area contributed by atoms with Crippen molar-refractivity contribution in [2.75, 3.05) is 19.8 Å². The Balaban J connectivity index is 1.19. The molecule has 0 spiro atoms. The highest BCUT2D eigenvalue weighted by molar-refractivity contribution is 5.86. The van der Waals surface area contributed by atoms with Gasteiger partial charge >= 0.3 is 12.1 Å². The van der Waals surface area contributed by atoms with Crippen molar-refractivity contribution in [3.8, 4) is 11.1 Å². The van der Waals surface area contributed by atoms with Crippen LogP contribution in [0.2, 0.25) is 0 Å². The molecule has 1 saturated heterocycles. The lowest BCUT2D eigenvalue weighted by Crippen LogP contribution is -2.49. The maximum absolute atomic E-state index is 12.9. The first-order valence-electron chi connectivity index (χ1n) is 12.2. The van der Waals surface area contributed by atoms with Crippen LogP contribution in [-0.4, -0.2) is 55.0 Å². The molecule has 184 valence electrons. The van der Waals surface area contributed by atoms with Crippen molar-refractivity contribution in [1.29, 1.82) is 0 Å². The van der Waals surface area contributed by atoms with E-state index in [4.69, 9.17) is 9.47 Å². The zero-order valence-electron chi connectivity index (χ0n) is 19.4. The van der Waals surface area contributed by atoms with Gasteiger partial charge in [-0.3, -0.25) is 4.79 Å². The zero-order valence-corrected chi connectivity index (χ0v) is 19.4. The summed E-state index contributed by atoms with van der Waals surface area (Å²) in [6.07, 6.45) is 1.65. The van der Waals surface area contributed by atoms with Gasteiger partial charge in [-0.15, -0.1) is 0 Å². The number of aliphatic carboxylic acids is 1. The molecule has 0 radical (unpaired) electrons. The summed E-state index contributed by atoms with van der Waals surface area (Å²) < 4.78 is 10.9. The van der Waals surface area contributed by atoms with Crippen LogP contribution < -0.4 is 10.6 Å². The number of carboxylic acids is 1. The maximum atomic E-state index is 12.9. The van der Waals surface area contributed by atoms with Crippen molar-refractivity contribution >= 4 is 18.0 Å². The second-order valence-electron chi connectivity index (χ2n) is 9.63. The fourth-order valence-electron chi connectivity index (χ4n) is 5.17. The fourth-order valence-corrected chi connectivity index (χ4v) is 5.17. The Kier molecular flexibility index (Phi) is 6.72. The van der Waals surface area contributed by atoms with Crippen LogP contribution in [0.1, 0.15) is 42.7 Å². The van der Waals surface area contributed by atoms with Crippen molar-refractivity contribution in [2.24, 2.45) is 11.8 Å². The average molecular weight is 479 g/mol. The minimum atomic E-state index is -1.02. The van der Waals surface area contributed by atoms with Gasteiger partial charge in [0.05, 0.1) is 0 Å². The van der Waals surface area contributed by atoms with Gasteiger partial charge in [0.2, 0.25) is 5.91 Å². The van der Waals surface area contributed by atoms with E-state index in [0.29, 0.717) is 25.4 Å². The molecular weight excluding hydrogens is 448 g/mol. The first kappa shape index (κ1) is 23.4. The van der Waals surface area contributed by atoms with Gasteiger partial charge in [0.25, 0.3) is 0 Å². The molecular formula is C27H30N2O6. The normalized spacial score (nSPS) is 21.6. The molecule has 35 heavy (non-hydrogen) atoms. The first-order valence-corrected chi connectivity index (χ1v) is 12.2. The summed E-state index contributed by atoms with van der Waals surface area (Å²) in [7, 11) is 0. The van der Waals surface area contributed by atoms with Crippen LogP contribution in [0.3, 0.4) is 0 Å². The van der Waals surface area contributed by atoms with E-state index >= 15 is 0 Å². The van der Waals surface area contributed by atoms with Crippen LogP contribution in [0, 0.1) is 11.8 Å². The molecule has 1 aliphatic heterocycles. The van der Waals surface area contributed by atoms with Crippen molar-refractivity contribution in [2.45, 2.75) is 43.7 Å². The number of carboxylic acid groups (broad SMARTS) is 1. The van der Waals surface area contributed by atoms with E-state index in [1.54, 1.807) is 0 Å². The van der Waals surface area contributed by atoms with Gasteiger partial charge in [-0.25, -0.2) is 9.59 Å². The van der Waals surface area contributed by atoms with Crippen LogP contribution in [0.5, 0.6) is 0 Å². The minimum absolute atomic E-state index is 0.0563. The van der Waals surface area contributed by atoms with E-state index in [1.165, 1.54) is 0 Å². The van der Waals surface area contributed by atoms with Crippen molar-refractivity contribution in [3.05, 3.63) is 59.7 Å². The molecule has 2 amide bonds. The number of alkyl carbamates (subject to hydrolysis) is 1. The maximum Gasteiger partial charge on any atom is 0.407 e. The summed E-state index contributed by atoms with van der Waals surface area (Å²) in [6.45, 7) is 0.738. The van der Waals surface area contributed by atoms with Gasteiger partial charge < -0.3 is 25.2 Å². The van der Waals surface area contributed by atoms with E-state index in [9.17, 15) is 19.5 Å². The number of hydrogen-bond donors (Lipinski definition) is 3. The molecule has 3 atom stereocenters. The molecule has 8 nitrogen and oxygen atoms in total. The Hall–Kier alpha value is -3.39. The highest BCUT2D eigenvalue weighted by Crippen LogP contribution is 2.44. The molecule has 0 aromatic heterocycles. The summed E-state index contributed by atoms with van der Waals surface area (Å²) in [5.41, 5.74) is 4.55. The number of hydrogen-bond acceptors (Lipinski definition) is 5. The molecule has 1 heterocycles. The van der Waals surface area contributed by atoms with Crippen LogP contribution in [0.25, 0.3) is 11.1 Å². The van der Waals surface area contributed by atoms with Gasteiger partial charge in [-0.1, -0.05) is 61.4 Å². The number of nitrogens with one attached hydrogen (secondary N) is 2. The van der Waals surface area contributed by atoms with E-state index in [-0.39, 0.29) is 30.9 Å². The van der Waals surface area contributed by atoms with E-state index < -0.39 is 24.2 Å². The molecule has 2 aromatic rings. The summed E-state index contributed by atoms with van der Waals surface area (Å²) in [5.74, 6) is -1.28. The molecule has 3 N–H and O–H groups in total. The van der Waals surface area contributed by atoms with E-state index in [2.05, 4.69) is 34.9 Å². The Morgan fingerprint density at radius 1 is 1.00 bits per heavy atom. The molecule has 2 aliphatic carbocycles. The fraction of sp³-hybridized carbons (Fsp3) is 0.444. The average Bonchev–Trinajstić information content (AvgIpc) is 3.45. The Labute approximate surface area is 204 Å². The summed E-state index contributed by atoms with van der Waals surface area (Å²) in [5, 5.41) is 14.8. The SMILES string of the molecule is O=C(NC(CC1CC1)C(=O)NC[C@@H]1CCO[C@@H]1C(=O)O)OCC1c2ccccc2-c2ccccc21. The smallest absolute Gasteiger partial charge is 0.407 e. The highest BCUT2D eigenvalue weighted by atomic mass is 16.5. The molecule has 0 bridgehead atoms. The lowest BCUT2D eigenvalue weighted by molar-refractivity contribution is -0.149. The molecule has 3 aliphatic rings. The van der Waals surface area contributed by atoms with Crippen LogP contribution in [0.4, 0.5) is 4.79 Å². The molecule has 1 unspecified atom stereocenters. The Morgan fingerprint density at radius 3 is 2.29 bits per heavy atom.